The minimum Gasteiger partial charge on any atom is -0.494 e. The molecule has 1 aliphatic carbocycles. The molecule has 3 heterocycles. The van der Waals surface area contributed by atoms with E-state index in [-0.39, 0.29) is 5.91 Å². The lowest BCUT2D eigenvalue weighted by atomic mass is 9.95. The van der Waals surface area contributed by atoms with Crippen molar-refractivity contribution in [2.24, 2.45) is 4.99 Å². The van der Waals surface area contributed by atoms with Crippen LogP contribution in [0.3, 0.4) is 0 Å². The molecule has 1 aromatic carbocycles. The van der Waals surface area contributed by atoms with Crippen LogP contribution in [-0.4, -0.2) is 57.8 Å². The van der Waals surface area contributed by atoms with Gasteiger partial charge in [0.1, 0.15) is 11.3 Å². The van der Waals surface area contributed by atoms with E-state index in [9.17, 15) is 4.79 Å². The summed E-state index contributed by atoms with van der Waals surface area (Å²) in [6.45, 7) is 3.78. The van der Waals surface area contributed by atoms with E-state index in [2.05, 4.69) is 35.9 Å². The Morgan fingerprint density at radius 3 is 2.89 bits per heavy atom. The monoisotopic (exact) mass is 502 g/mol. The normalized spacial score (nSPS) is 15.9. The zero-order valence-corrected chi connectivity index (χ0v) is 21.2. The lowest BCUT2D eigenvalue weighted by molar-refractivity contribution is -0.117. The third-order valence-corrected chi connectivity index (χ3v) is 6.73. The van der Waals surface area contributed by atoms with Crippen LogP contribution in [0.2, 0.25) is 0 Å². The van der Waals surface area contributed by atoms with E-state index in [0.29, 0.717) is 43.8 Å². The number of aromatic amines is 1. The number of fused-ring (bicyclic) bond motifs is 1. The highest BCUT2D eigenvalue weighted by Crippen LogP contribution is 2.28. The standard InChI is InChI=1S/C27H34N8O2/c1-18-16-21(37-15-5-12-29-26(36)19-10-13-28-14-11-19)8-9-22(18)33-27-34-24-23(30-17-31-24)25(35-27)32-20-6-3-2-4-7-20/h8-10,13,16-17,20H,2-7,11-12,14-15H2,1H3,(H,29,36)(H3,30,31,32,33,34,35). The van der Waals surface area contributed by atoms with Gasteiger partial charge in [0, 0.05) is 36.6 Å². The predicted octanol–water partition coefficient (Wildman–Crippen LogP) is 4.44. The Morgan fingerprint density at radius 2 is 2.08 bits per heavy atom. The summed E-state index contributed by atoms with van der Waals surface area (Å²) in [7, 11) is 0. The molecule has 1 amide bonds. The van der Waals surface area contributed by atoms with Crippen LogP contribution in [0.1, 0.15) is 50.5 Å². The van der Waals surface area contributed by atoms with Gasteiger partial charge < -0.3 is 25.7 Å². The van der Waals surface area contributed by atoms with Crippen LogP contribution in [0, 0.1) is 6.92 Å². The van der Waals surface area contributed by atoms with Crippen molar-refractivity contribution in [2.75, 3.05) is 30.3 Å². The summed E-state index contributed by atoms with van der Waals surface area (Å²) >= 11 is 0. The van der Waals surface area contributed by atoms with Gasteiger partial charge in [-0.05, 0) is 62.4 Å². The van der Waals surface area contributed by atoms with Gasteiger partial charge in [-0.3, -0.25) is 9.79 Å². The molecule has 10 heteroatoms. The number of ether oxygens (including phenoxy) is 1. The van der Waals surface area contributed by atoms with E-state index < -0.39 is 0 Å². The molecular weight excluding hydrogens is 468 g/mol. The topological polar surface area (TPSA) is 129 Å². The largest absolute Gasteiger partial charge is 0.494 e. The van der Waals surface area contributed by atoms with Crippen LogP contribution in [0.5, 0.6) is 5.75 Å². The molecule has 1 aliphatic heterocycles. The quantitative estimate of drug-likeness (QED) is 0.302. The first-order valence-electron chi connectivity index (χ1n) is 13.1. The number of aryl methyl sites for hydroxylation is 1. The number of nitrogens with zero attached hydrogens (tertiary/aromatic N) is 4. The molecule has 0 bridgehead atoms. The minimum atomic E-state index is -0.0234. The average Bonchev–Trinajstić information content (AvgIpc) is 3.40. The number of nitrogens with one attached hydrogen (secondary N) is 4. The fraction of sp³-hybridized carbons (Fsp3) is 0.444. The molecule has 0 spiro atoms. The fourth-order valence-corrected chi connectivity index (χ4v) is 4.67. The Balaban J connectivity index is 1.15. The molecule has 0 atom stereocenters. The number of benzene rings is 1. The molecule has 5 rings (SSSR count). The van der Waals surface area contributed by atoms with Crippen molar-refractivity contribution in [3.63, 3.8) is 0 Å². The number of carbonyl (C=O) groups excluding carboxylic acids is 1. The summed E-state index contributed by atoms with van der Waals surface area (Å²) in [6, 6.07) is 6.30. The molecule has 10 nitrogen and oxygen atoms in total. The van der Waals surface area contributed by atoms with Gasteiger partial charge >= 0.3 is 0 Å². The number of hydrogen-bond acceptors (Lipinski definition) is 8. The molecule has 194 valence electrons. The van der Waals surface area contributed by atoms with Crippen LogP contribution in [0.4, 0.5) is 17.5 Å². The molecule has 4 N–H and O–H groups in total. The number of allylic oxidation sites excluding steroid dienone is 1. The number of aromatic nitrogens is 4. The molecule has 37 heavy (non-hydrogen) atoms. The first-order valence-corrected chi connectivity index (χ1v) is 13.1. The van der Waals surface area contributed by atoms with Crippen molar-refractivity contribution in [1.29, 1.82) is 0 Å². The summed E-state index contributed by atoms with van der Waals surface area (Å²) in [5, 5.41) is 9.89. The smallest absolute Gasteiger partial charge is 0.247 e. The summed E-state index contributed by atoms with van der Waals surface area (Å²) in [5.74, 6) is 2.05. The first-order chi connectivity index (χ1) is 18.2. The molecule has 2 aromatic heterocycles. The van der Waals surface area contributed by atoms with Crippen LogP contribution < -0.4 is 20.7 Å². The fourth-order valence-electron chi connectivity index (χ4n) is 4.67. The lowest BCUT2D eigenvalue weighted by Gasteiger charge is -2.23. The van der Waals surface area contributed by atoms with Crippen molar-refractivity contribution in [3.05, 3.63) is 41.7 Å². The highest BCUT2D eigenvalue weighted by Gasteiger charge is 2.17. The van der Waals surface area contributed by atoms with Crippen molar-refractivity contribution < 1.29 is 9.53 Å². The number of carbonyl (C=O) groups is 1. The van der Waals surface area contributed by atoms with Crippen molar-refractivity contribution in [1.82, 2.24) is 25.3 Å². The van der Waals surface area contributed by atoms with E-state index in [1.54, 1.807) is 18.6 Å². The van der Waals surface area contributed by atoms with E-state index >= 15 is 0 Å². The first kappa shape index (κ1) is 24.7. The number of amides is 1. The molecule has 0 radical (unpaired) electrons. The van der Waals surface area contributed by atoms with Crippen LogP contribution >= 0.6 is 0 Å². The summed E-state index contributed by atoms with van der Waals surface area (Å²) in [6.07, 6.45) is 12.6. The summed E-state index contributed by atoms with van der Waals surface area (Å²) < 4.78 is 5.90. The second-order valence-corrected chi connectivity index (χ2v) is 9.53. The molecule has 3 aromatic rings. The van der Waals surface area contributed by atoms with Crippen LogP contribution in [0.25, 0.3) is 11.2 Å². The number of H-pyrrole nitrogens is 1. The molecule has 2 aliphatic rings. The second-order valence-electron chi connectivity index (χ2n) is 9.53. The number of imidazole rings is 1. The van der Waals surface area contributed by atoms with Gasteiger partial charge in [0.2, 0.25) is 11.9 Å². The van der Waals surface area contributed by atoms with Gasteiger partial charge in [-0.2, -0.15) is 9.97 Å². The van der Waals surface area contributed by atoms with Gasteiger partial charge in [-0.15, -0.1) is 0 Å². The number of rotatable bonds is 10. The summed E-state index contributed by atoms with van der Waals surface area (Å²) in [4.78, 5) is 33.1. The zero-order valence-electron chi connectivity index (χ0n) is 21.2. The molecule has 0 saturated heterocycles. The molecule has 1 saturated carbocycles. The van der Waals surface area contributed by atoms with Crippen molar-refractivity contribution in [2.45, 2.75) is 57.9 Å². The number of hydrogen-bond donors (Lipinski definition) is 4. The van der Waals surface area contributed by atoms with Gasteiger partial charge in [0.25, 0.3) is 0 Å². The Kier molecular flexibility index (Phi) is 7.93. The minimum absolute atomic E-state index is 0.0234. The lowest BCUT2D eigenvalue weighted by Crippen LogP contribution is -2.28. The Hall–Kier alpha value is -3.95. The molecule has 1 fully saturated rings. The second kappa shape index (κ2) is 11.9. The number of aliphatic imine (C=N–C) groups is 1. The highest BCUT2D eigenvalue weighted by molar-refractivity contribution is 5.97. The van der Waals surface area contributed by atoms with E-state index in [4.69, 9.17) is 9.72 Å². The van der Waals surface area contributed by atoms with Crippen LogP contribution in [-0.2, 0) is 4.79 Å². The average molecular weight is 503 g/mol. The van der Waals surface area contributed by atoms with Crippen molar-refractivity contribution >= 4 is 40.7 Å². The molecule has 0 unspecified atom stereocenters. The maximum atomic E-state index is 12.1. The zero-order chi connectivity index (χ0) is 25.5. The number of dihydropyridines is 1. The third-order valence-electron chi connectivity index (χ3n) is 6.73. The maximum Gasteiger partial charge on any atom is 0.247 e. The highest BCUT2D eigenvalue weighted by atomic mass is 16.5. The van der Waals surface area contributed by atoms with Gasteiger partial charge in [0.15, 0.2) is 11.5 Å². The Bertz CT molecular complexity index is 1290. The third kappa shape index (κ3) is 6.44. The molecular formula is C27H34N8O2. The maximum absolute atomic E-state index is 12.1. The Labute approximate surface area is 216 Å². The van der Waals surface area contributed by atoms with Crippen molar-refractivity contribution in [3.8, 4) is 5.75 Å². The van der Waals surface area contributed by atoms with Crippen LogP contribution in [0.15, 0.2) is 41.2 Å². The van der Waals surface area contributed by atoms with Gasteiger partial charge in [-0.1, -0.05) is 19.3 Å². The predicted molar refractivity (Wildman–Crippen MR) is 146 cm³/mol. The van der Waals surface area contributed by atoms with E-state index in [1.807, 2.05) is 25.1 Å². The van der Waals surface area contributed by atoms with E-state index in [1.165, 1.54) is 19.3 Å². The van der Waals surface area contributed by atoms with Gasteiger partial charge in [-0.25, -0.2) is 4.98 Å². The summed E-state index contributed by atoms with van der Waals surface area (Å²) in [5.41, 5.74) is 4.17. The van der Waals surface area contributed by atoms with Gasteiger partial charge in [0.05, 0.1) is 12.9 Å². The van der Waals surface area contributed by atoms with E-state index in [0.717, 1.165) is 53.2 Å². The SMILES string of the molecule is Cc1cc(OCCCNC(=O)C2=CC=NCC2)ccc1Nc1nc(NC2CCCCC2)c2[nH]cnc2n1. The number of anilines is 3. The Morgan fingerprint density at radius 1 is 1.19 bits per heavy atom.